The average molecular weight is 336 g/mol. The first kappa shape index (κ1) is 12.6. The van der Waals surface area contributed by atoms with E-state index in [4.69, 9.17) is 23.2 Å². The topological polar surface area (TPSA) is 24.9 Å². The first-order valence-corrected chi connectivity index (χ1v) is 6.14. The summed E-state index contributed by atoms with van der Waals surface area (Å²) in [6, 6.07) is 6.13. The third kappa shape index (κ3) is 3.09. The molecular weight excluding hydrogens is 330 g/mol. The van der Waals surface area contributed by atoms with Crippen LogP contribution >= 0.6 is 39.1 Å². The van der Waals surface area contributed by atoms with Crippen LogP contribution in [0.1, 0.15) is 0 Å². The van der Waals surface area contributed by atoms with Crippen LogP contribution in [0.25, 0.3) is 0 Å². The van der Waals surface area contributed by atoms with Crippen molar-refractivity contribution in [2.75, 3.05) is 5.32 Å². The molecule has 17 heavy (non-hydrogen) atoms. The first-order valence-electron chi connectivity index (χ1n) is 4.59. The van der Waals surface area contributed by atoms with Gasteiger partial charge >= 0.3 is 0 Å². The lowest BCUT2D eigenvalue weighted by atomic mass is 10.3. The van der Waals surface area contributed by atoms with E-state index in [2.05, 4.69) is 26.2 Å². The summed E-state index contributed by atoms with van der Waals surface area (Å²) in [5.41, 5.74) is 0.558. The van der Waals surface area contributed by atoms with Crippen LogP contribution in [-0.2, 0) is 0 Å². The third-order valence-electron chi connectivity index (χ3n) is 1.99. The van der Waals surface area contributed by atoms with Crippen molar-refractivity contribution in [3.63, 3.8) is 0 Å². The molecule has 2 nitrogen and oxygen atoms in total. The van der Waals surface area contributed by atoms with E-state index in [0.717, 1.165) is 0 Å². The van der Waals surface area contributed by atoms with Gasteiger partial charge in [0, 0.05) is 11.9 Å². The Morgan fingerprint density at radius 3 is 2.65 bits per heavy atom. The Morgan fingerprint density at radius 1 is 1.24 bits per heavy atom. The van der Waals surface area contributed by atoms with Crippen molar-refractivity contribution in [2.24, 2.45) is 0 Å². The molecule has 2 rings (SSSR count). The van der Waals surface area contributed by atoms with E-state index in [-0.39, 0.29) is 5.02 Å². The molecule has 0 bridgehead atoms. The molecule has 0 radical (unpaired) electrons. The van der Waals surface area contributed by atoms with Gasteiger partial charge in [-0.3, -0.25) is 0 Å². The molecule has 1 N–H and O–H groups in total. The summed E-state index contributed by atoms with van der Waals surface area (Å²) in [5.74, 6) is 0.0675. The SMILES string of the molecule is Fc1cc(Nc2ncc(Cl)cc2Br)ccc1Cl. The van der Waals surface area contributed by atoms with Gasteiger partial charge < -0.3 is 5.32 Å². The Bertz CT molecular complexity index is 563. The standard InChI is InChI=1S/C11H6BrCl2FN2/c12-8-3-6(13)5-16-11(8)17-7-1-2-9(14)10(15)4-7/h1-5H,(H,16,17). The Balaban J connectivity index is 2.28. The molecule has 0 saturated heterocycles. The lowest BCUT2D eigenvalue weighted by molar-refractivity contribution is 0.629. The normalized spacial score (nSPS) is 10.4. The smallest absolute Gasteiger partial charge is 0.144 e. The van der Waals surface area contributed by atoms with E-state index in [9.17, 15) is 4.39 Å². The van der Waals surface area contributed by atoms with E-state index in [1.54, 1.807) is 12.1 Å². The Kier molecular flexibility index (Phi) is 3.86. The molecule has 0 aliphatic heterocycles. The largest absolute Gasteiger partial charge is 0.339 e. The Hall–Kier alpha value is -0.840. The number of nitrogens with one attached hydrogen (secondary N) is 1. The van der Waals surface area contributed by atoms with Crippen molar-refractivity contribution in [2.45, 2.75) is 0 Å². The maximum atomic E-state index is 13.2. The van der Waals surface area contributed by atoms with Crippen molar-refractivity contribution in [3.8, 4) is 0 Å². The van der Waals surface area contributed by atoms with Crippen LogP contribution in [0, 0.1) is 5.82 Å². The van der Waals surface area contributed by atoms with E-state index in [1.165, 1.54) is 18.3 Å². The second-order valence-corrected chi connectivity index (χ2v) is 4.94. The van der Waals surface area contributed by atoms with E-state index in [1.807, 2.05) is 0 Å². The van der Waals surface area contributed by atoms with E-state index >= 15 is 0 Å². The second kappa shape index (κ2) is 5.21. The zero-order valence-corrected chi connectivity index (χ0v) is 11.4. The summed E-state index contributed by atoms with van der Waals surface area (Å²) in [6.07, 6.45) is 1.50. The molecule has 1 aromatic heterocycles. The van der Waals surface area contributed by atoms with E-state index in [0.29, 0.717) is 21.0 Å². The molecule has 0 saturated carbocycles. The summed E-state index contributed by atoms with van der Waals surface area (Å²) in [7, 11) is 0. The predicted molar refractivity (Wildman–Crippen MR) is 71.6 cm³/mol. The minimum atomic E-state index is -0.484. The first-order chi connectivity index (χ1) is 8.06. The maximum absolute atomic E-state index is 13.2. The van der Waals surface area contributed by atoms with Gasteiger partial charge in [-0.05, 0) is 40.2 Å². The van der Waals surface area contributed by atoms with Gasteiger partial charge in [-0.15, -0.1) is 0 Å². The number of anilines is 2. The minimum absolute atomic E-state index is 0.0821. The number of aromatic nitrogens is 1. The number of hydrogen-bond donors (Lipinski definition) is 1. The monoisotopic (exact) mass is 334 g/mol. The minimum Gasteiger partial charge on any atom is -0.339 e. The molecule has 0 amide bonds. The fraction of sp³-hybridized carbons (Fsp3) is 0. The van der Waals surface area contributed by atoms with Gasteiger partial charge in [0.15, 0.2) is 0 Å². The maximum Gasteiger partial charge on any atom is 0.144 e. The number of benzene rings is 1. The van der Waals surface area contributed by atoms with Gasteiger partial charge in [0.05, 0.1) is 14.5 Å². The van der Waals surface area contributed by atoms with Gasteiger partial charge in [-0.25, -0.2) is 9.37 Å². The molecule has 1 aromatic carbocycles. The summed E-state index contributed by atoms with van der Waals surface area (Å²) in [5, 5.41) is 3.55. The van der Waals surface area contributed by atoms with Crippen LogP contribution < -0.4 is 5.32 Å². The van der Waals surface area contributed by atoms with Gasteiger partial charge in [-0.1, -0.05) is 23.2 Å². The highest BCUT2D eigenvalue weighted by Gasteiger charge is 2.05. The zero-order valence-electron chi connectivity index (χ0n) is 8.35. The van der Waals surface area contributed by atoms with Crippen LogP contribution in [0.5, 0.6) is 0 Å². The van der Waals surface area contributed by atoms with Gasteiger partial charge in [0.2, 0.25) is 0 Å². The van der Waals surface area contributed by atoms with Crippen molar-refractivity contribution < 1.29 is 4.39 Å². The molecule has 2 aromatic rings. The fourth-order valence-electron chi connectivity index (χ4n) is 1.22. The molecule has 1 heterocycles. The van der Waals surface area contributed by atoms with Gasteiger partial charge in [-0.2, -0.15) is 0 Å². The highest BCUT2D eigenvalue weighted by molar-refractivity contribution is 9.10. The summed E-state index contributed by atoms with van der Waals surface area (Å²) in [6.45, 7) is 0. The number of nitrogens with zero attached hydrogens (tertiary/aromatic N) is 1. The summed E-state index contributed by atoms with van der Waals surface area (Å²) >= 11 is 14.7. The lowest BCUT2D eigenvalue weighted by Gasteiger charge is -2.08. The van der Waals surface area contributed by atoms with Crippen LogP contribution in [0.4, 0.5) is 15.9 Å². The molecule has 88 valence electrons. The zero-order chi connectivity index (χ0) is 12.4. The highest BCUT2D eigenvalue weighted by Crippen LogP contribution is 2.27. The number of halogens is 4. The Labute approximate surface area is 116 Å². The fourth-order valence-corrected chi connectivity index (χ4v) is 2.07. The molecule has 0 atom stereocenters. The molecule has 6 heteroatoms. The molecule has 0 spiro atoms. The van der Waals surface area contributed by atoms with Crippen LogP contribution in [0.3, 0.4) is 0 Å². The molecular formula is C11H6BrCl2FN2. The predicted octanol–water partition coefficient (Wildman–Crippen LogP) is 5.03. The summed E-state index contributed by atoms with van der Waals surface area (Å²) < 4.78 is 13.9. The third-order valence-corrected chi connectivity index (χ3v) is 3.11. The Morgan fingerprint density at radius 2 is 2.00 bits per heavy atom. The summed E-state index contributed by atoms with van der Waals surface area (Å²) in [4.78, 5) is 4.08. The van der Waals surface area contributed by atoms with Crippen molar-refractivity contribution in [3.05, 3.63) is 50.8 Å². The number of pyridine rings is 1. The second-order valence-electron chi connectivity index (χ2n) is 3.24. The lowest BCUT2D eigenvalue weighted by Crippen LogP contribution is -1.95. The van der Waals surface area contributed by atoms with Crippen molar-refractivity contribution in [1.82, 2.24) is 4.98 Å². The molecule has 0 aliphatic carbocycles. The van der Waals surface area contributed by atoms with Crippen LogP contribution in [-0.4, -0.2) is 4.98 Å². The van der Waals surface area contributed by atoms with E-state index < -0.39 is 5.82 Å². The number of hydrogen-bond acceptors (Lipinski definition) is 2. The molecule has 0 aliphatic rings. The van der Waals surface area contributed by atoms with Crippen molar-refractivity contribution in [1.29, 1.82) is 0 Å². The van der Waals surface area contributed by atoms with Crippen molar-refractivity contribution >= 4 is 50.6 Å². The molecule has 0 unspecified atom stereocenters. The van der Waals surface area contributed by atoms with Crippen LogP contribution in [0.15, 0.2) is 34.9 Å². The highest BCUT2D eigenvalue weighted by atomic mass is 79.9. The quantitative estimate of drug-likeness (QED) is 0.832. The molecule has 0 fully saturated rings. The average Bonchev–Trinajstić information content (AvgIpc) is 2.27. The van der Waals surface area contributed by atoms with Gasteiger partial charge in [0.25, 0.3) is 0 Å². The number of rotatable bonds is 2. The van der Waals surface area contributed by atoms with Gasteiger partial charge in [0.1, 0.15) is 11.6 Å². The van der Waals surface area contributed by atoms with Crippen LogP contribution in [0.2, 0.25) is 10.0 Å².